The summed E-state index contributed by atoms with van der Waals surface area (Å²) in [6.45, 7) is 10.8. The fourth-order valence-corrected chi connectivity index (χ4v) is 4.65. The van der Waals surface area contributed by atoms with Crippen LogP contribution in [0.15, 0.2) is 85.3 Å². The van der Waals surface area contributed by atoms with Gasteiger partial charge in [-0.3, -0.25) is 0 Å². The molecule has 3 aromatic heterocycles. The fourth-order valence-electron chi connectivity index (χ4n) is 4.65. The van der Waals surface area contributed by atoms with Crippen molar-refractivity contribution in [1.82, 2.24) is 15.0 Å². The molecule has 0 N–H and O–H groups in total. The van der Waals surface area contributed by atoms with Crippen LogP contribution in [0.3, 0.4) is 0 Å². The van der Waals surface area contributed by atoms with Gasteiger partial charge in [0.1, 0.15) is 0 Å². The smallest absolute Gasteiger partial charge is 0.0242 e. The number of rotatable bonds is 2. The first kappa shape index (κ1) is 26.6. The number of benzene rings is 2. The number of aryl methyl sites for hydroxylation is 3. The minimum atomic E-state index is 0. The number of aromatic nitrogens is 3. The van der Waals surface area contributed by atoms with E-state index in [2.05, 4.69) is 110 Å². The minimum absolute atomic E-state index is 0. The van der Waals surface area contributed by atoms with Gasteiger partial charge in [0.2, 0.25) is 0 Å². The summed E-state index contributed by atoms with van der Waals surface area (Å²) in [6, 6.07) is 26.2. The molecule has 37 heavy (non-hydrogen) atoms. The molecule has 0 amide bonds. The van der Waals surface area contributed by atoms with Crippen molar-refractivity contribution in [2.75, 3.05) is 0 Å². The summed E-state index contributed by atoms with van der Waals surface area (Å²) in [5, 5.41) is 0. The third kappa shape index (κ3) is 5.32. The zero-order valence-corrected chi connectivity index (χ0v) is 24.2. The van der Waals surface area contributed by atoms with Gasteiger partial charge in [0.15, 0.2) is 0 Å². The largest absolute Gasteiger partial charge is 0.360 e. The van der Waals surface area contributed by atoms with Crippen molar-refractivity contribution in [2.24, 2.45) is 0 Å². The van der Waals surface area contributed by atoms with Gasteiger partial charge in [-0.05, 0) is 53.7 Å². The van der Waals surface area contributed by atoms with Gasteiger partial charge in [-0.2, -0.15) is 0 Å². The maximum Gasteiger partial charge on any atom is 0.0242 e. The fraction of sp³-hybridized carbons (Fsp3) is 0.182. The van der Waals surface area contributed by atoms with E-state index in [1.54, 1.807) is 6.20 Å². The molecular formula is C33H29IrN3-2. The quantitative estimate of drug-likeness (QED) is 0.182. The maximum atomic E-state index is 4.61. The summed E-state index contributed by atoms with van der Waals surface area (Å²) in [6.07, 6.45) is 8.64. The van der Waals surface area contributed by atoms with Gasteiger partial charge in [0.05, 0.1) is 0 Å². The van der Waals surface area contributed by atoms with E-state index in [-0.39, 0.29) is 25.5 Å². The molecule has 5 aromatic rings. The molecule has 4 heteroatoms. The zero-order valence-electron chi connectivity index (χ0n) is 21.8. The molecule has 0 saturated heterocycles. The third-order valence-corrected chi connectivity index (χ3v) is 6.97. The Hall–Kier alpha value is -3.46. The van der Waals surface area contributed by atoms with Crippen molar-refractivity contribution >= 4 is 0 Å². The van der Waals surface area contributed by atoms with E-state index in [0.29, 0.717) is 0 Å². The topological polar surface area (TPSA) is 38.7 Å². The minimum Gasteiger partial charge on any atom is -0.360 e. The molecule has 0 aliphatic heterocycles. The van der Waals surface area contributed by atoms with Gasteiger partial charge >= 0.3 is 0 Å². The summed E-state index contributed by atoms with van der Waals surface area (Å²) in [4.78, 5) is 13.1. The molecule has 0 bridgehead atoms. The van der Waals surface area contributed by atoms with E-state index >= 15 is 0 Å². The van der Waals surface area contributed by atoms with E-state index in [1.165, 1.54) is 38.9 Å². The first-order valence-electron chi connectivity index (χ1n) is 12.2. The average molecular weight is 660 g/mol. The molecule has 0 fully saturated rings. The Morgan fingerprint density at radius 1 is 0.703 bits per heavy atom. The molecule has 0 spiro atoms. The van der Waals surface area contributed by atoms with Gasteiger partial charge in [0, 0.05) is 43.5 Å². The summed E-state index contributed by atoms with van der Waals surface area (Å²) in [7, 11) is 0. The van der Waals surface area contributed by atoms with Gasteiger partial charge in [-0.25, -0.2) is 0 Å². The number of pyridine rings is 3. The van der Waals surface area contributed by atoms with Gasteiger partial charge in [0.25, 0.3) is 0 Å². The number of hydrogen-bond donors (Lipinski definition) is 0. The SMILES string of the molecule is CC1(C)c2ccccc2-c2cnc(-c3[c-]nccc3)cc21.Cc1c[c-]c(-c2cc(C)c(C)cn2)cc1.[Ir]. The van der Waals surface area contributed by atoms with E-state index in [0.717, 1.165) is 22.5 Å². The van der Waals surface area contributed by atoms with Crippen LogP contribution in [0.25, 0.3) is 33.6 Å². The van der Waals surface area contributed by atoms with E-state index < -0.39 is 0 Å². The van der Waals surface area contributed by atoms with Crippen LogP contribution in [-0.2, 0) is 25.5 Å². The standard InChI is InChI=1S/C19H15N2.C14H14N.Ir/c1-19(2)16-8-4-3-7-14(16)15-12-21-18(10-17(15)19)13-6-5-9-20-11-13;1-10-4-6-13(7-5-10)14-8-11(2)12(3)9-15-14;/h3-10,12H,1-2H3;4-6,8-9H,1-3H3;/q2*-1;. The molecule has 0 saturated carbocycles. The average Bonchev–Trinajstić information content (AvgIpc) is 3.13. The molecule has 6 rings (SSSR count). The van der Waals surface area contributed by atoms with Crippen LogP contribution in [-0.4, -0.2) is 15.0 Å². The predicted octanol–water partition coefficient (Wildman–Crippen LogP) is 7.72. The summed E-state index contributed by atoms with van der Waals surface area (Å²) >= 11 is 0. The molecule has 0 unspecified atom stereocenters. The normalized spacial score (nSPS) is 12.5. The Balaban J connectivity index is 0.000000178. The second kappa shape index (κ2) is 10.9. The van der Waals surface area contributed by atoms with Crippen molar-refractivity contribution < 1.29 is 20.1 Å². The summed E-state index contributed by atoms with van der Waals surface area (Å²) in [5.41, 5.74) is 12.9. The summed E-state index contributed by atoms with van der Waals surface area (Å²) in [5.74, 6) is 0. The Bertz CT molecular complexity index is 1520. The molecule has 1 aliphatic carbocycles. The first-order valence-corrected chi connectivity index (χ1v) is 12.2. The van der Waals surface area contributed by atoms with E-state index in [1.807, 2.05) is 30.6 Å². The first-order chi connectivity index (χ1) is 17.3. The predicted molar refractivity (Wildman–Crippen MR) is 147 cm³/mol. The van der Waals surface area contributed by atoms with Crippen molar-refractivity contribution in [1.29, 1.82) is 0 Å². The molecule has 3 nitrogen and oxygen atoms in total. The molecule has 187 valence electrons. The number of hydrogen-bond acceptors (Lipinski definition) is 3. The Labute approximate surface area is 233 Å². The van der Waals surface area contributed by atoms with Gasteiger partial charge in [-0.15, -0.1) is 53.1 Å². The second-order valence-corrected chi connectivity index (χ2v) is 9.88. The van der Waals surface area contributed by atoms with Crippen LogP contribution in [0, 0.1) is 33.0 Å². The third-order valence-electron chi connectivity index (χ3n) is 6.97. The molecule has 0 atom stereocenters. The van der Waals surface area contributed by atoms with Crippen LogP contribution in [0.5, 0.6) is 0 Å². The number of nitrogens with zero attached hydrogens (tertiary/aromatic N) is 3. The van der Waals surface area contributed by atoms with Crippen molar-refractivity contribution in [3.63, 3.8) is 0 Å². The zero-order chi connectivity index (χ0) is 25.3. The van der Waals surface area contributed by atoms with Crippen LogP contribution in [0.2, 0.25) is 0 Å². The maximum absolute atomic E-state index is 4.61. The Kier molecular flexibility index (Phi) is 7.82. The van der Waals surface area contributed by atoms with E-state index in [9.17, 15) is 0 Å². The van der Waals surface area contributed by atoms with Gasteiger partial charge < -0.3 is 15.0 Å². The van der Waals surface area contributed by atoms with Crippen LogP contribution < -0.4 is 0 Å². The summed E-state index contributed by atoms with van der Waals surface area (Å²) < 4.78 is 0. The Morgan fingerprint density at radius 2 is 1.46 bits per heavy atom. The number of fused-ring (bicyclic) bond motifs is 3. The molecular weight excluding hydrogens is 631 g/mol. The molecule has 1 aliphatic rings. The monoisotopic (exact) mass is 660 g/mol. The van der Waals surface area contributed by atoms with E-state index in [4.69, 9.17) is 0 Å². The Morgan fingerprint density at radius 3 is 2.16 bits per heavy atom. The molecule has 3 heterocycles. The van der Waals surface area contributed by atoms with Crippen LogP contribution >= 0.6 is 0 Å². The van der Waals surface area contributed by atoms with Crippen LogP contribution in [0.4, 0.5) is 0 Å². The van der Waals surface area contributed by atoms with Crippen molar-refractivity contribution in [2.45, 2.75) is 40.0 Å². The molecule has 1 radical (unpaired) electrons. The van der Waals surface area contributed by atoms with Crippen LogP contribution in [0.1, 0.15) is 41.7 Å². The van der Waals surface area contributed by atoms with Crippen molar-refractivity contribution in [3.05, 3.63) is 125 Å². The van der Waals surface area contributed by atoms with Crippen molar-refractivity contribution in [3.8, 4) is 33.6 Å². The second-order valence-electron chi connectivity index (χ2n) is 9.88. The van der Waals surface area contributed by atoms with Gasteiger partial charge in [-0.1, -0.05) is 68.9 Å². The molecule has 2 aromatic carbocycles.